The van der Waals surface area contributed by atoms with Crippen molar-refractivity contribution in [1.29, 1.82) is 0 Å². The summed E-state index contributed by atoms with van der Waals surface area (Å²) in [5.41, 5.74) is -0.750. The molecule has 2 atom stereocenters. The number of alkyl carbamates (subject to hydrolysis) is 2. The number of carboxylic acid groups (broad SMARTS) is 2. The predicted molar refractivity (Wildman–Crippen MR) is 140 cm³/mol. The molecule has 4 rings (SSSR count). The molecular weight excluding hydrogens is 496 g/mol. The molecule has 0 radical (unpaired) electrons. The highest BCUT2D eigenvalue weighted by Crippen LogP contribution is 2.45. The number of hydrogen-bond acceptors (Lipinski definition) is 8. The van der Waals surface area contributed by atoms with Gasteiger partial charge in [0, 0.05) is 24.2 Å². The quantitative estimate of drug-likeness (QED) is 0.289. The first-order valence-corrected chi connectivity index (χ1v) is 13.4. The van der Waals surface area contributed by atoms with Crippen LogP contribution in [-0.2, 0) is 19.1 Å². The molecule has 2 aliphatic heterocycles. The van der Waals surface area contributed by atoms with Crippen LogP contribution >= 0.6 is 0 Å². The number of hydrogen-bond donors (Lipinski definition) is 6. The second-order valence-corrected chi connectivity index (χ2v) is 12.6. The van der Waals surface area contributed by atoms with Gasteiger partial charge >= 0.3 is 24.1 Å². The van der Waals surface area contributed by atoms with E-state index in [9.17, 15) is 9.59 Å². The van der Waals surface area contributed by atoms with Crippen molar-refractivity contribution in [2.45, 2.75) is 102 Å². The molecule has 2 amide bonds. The third kappa shape index (κ3) is 10.6. The second kappa shape index (κ2) is 12.5. The number of carboxylic acids is 2. The maximum Gasteiger partial charge on any atom is 0.414 e. The molecule has 2 heterocycles. The average Bonchev–Trinajstić information content (AvgIpc) is 3.53. The summed E-state index contributed by atoms with van der Waals surface area (Å²) in [6.45, 7) is 15.5. The van der Waals surface area contributed by atoms with Crippen molar-refractivity contribution in [1.82, 2.24) is 21.3 Å². The second-order valence-electron chi connectivity index (χ2n) is 12.6. The molecule has 38 heavy (non-hydrogen) atoms. The van der Waals surface area contributed by atoms with Crippen molar-refractivity contribution < 1.29 is 38.9 Å². The fraction of sp³-hybridized carbons (Fsp3) is 0.846. The van der Waals surface area contributed by atoms with Gasteiger partial charge in [-0.3, -0.25) is 0 Å². The van der Waals surface area contributed by atoms with Gasteiger partial charge in [0.05, 0.1) is 0 Å². The van der Waals surface area contributed by atoms with E-state index >= 15 is 0 Å². The van der Waals surface area contributed by atoms with Gasteiger partial charge in [0.15, 0.2) is 0 Å². The highest BCUT2D eigenvalue weighted by Gasteiger charge is 2.52. The van der Waals surface area contributed by atoms with E-state index in [0.717, 1.165) is 64.7 Å². The zero-order valence-corrected chi connectivity index (χ0v) is 23.6. The molecule has 12 heteroatoms. The van der Waals surface area contributed by atoms with Gasteiger partial charge in [-0.15, -0.1) is 0 Å². The molecule has 0 aromatic rings. The Morgan fingerprint density at radius 1 is 0.684 bits per heavy atom. The van der Waals surface area contributed by atoms with Crippen molar-refractivity contribution in [2.75, 3.05) is 26.2 Å². The number of amides is 2. The van der Waals surface area contributed by atoms with E-state index in [0.29, 0.717) is 11.8 Å². The van der Waals surface area contributed by atoms with Crippen LogP contribution in [-0.4, -0.2) is 82.8 Å². The van der Waals surface area contributed by atoms with Gasteiger partial charge in [-0.2, -0.15) is 0 Å². The van der Waals surface area contributed by atoms with Gasteiger partial charge in [0.2, 0.25) is 0 Å². The van der Waals surface area contributed by atoms with E-state index in [-0.39, 0.29) is 23.3 Å². The number of ether oxygens (including phenoxy) is 2. The van der Waals surface area contributed by atoms with E-state index < -0.39 is 23.1 Å². The Labute approximate surface area is 225 Å². The molecule has 6 N–H and O–H groups in total. The van der Waals surface area contributed by atoms with Gasteiger partial charge in [-0.1, -0.05) is 0 Å². The SMILES string of the molecule is CC(C)(C)OC(=O)NC1(C2CCNC2)CC1.CC(C)(C)OC(=O)NC1(C2CCNC2)CC1.O=C(O)C(=O)O. The highest BCUT2D eigenvalue weighted by molar-refractivity contribution is 6.27. The average molecular weight is 543 g/mol. The molecular formula is C26H46N4O8. The normalized spacial score (nSPS) is 24.4. The Bertz CT molecular complexity index is 774. The first-order valence-electron chi connectivity index (χ1n) is 13.4. The lowest BCUT2D eigenvalue weighted by Crippen LogP contribution is -2.45. The van der Waals surface area contributed by atoms with Gasteiger partial charge < -0.3 is 41.0 Å². The highest BCUT2D eigenvalue weighted by atomic mass is 16.6. The summed E-state index contributed by atoms with van der Waals surface area (Å²) < 4.78 is 10.6. The van der Waals surface area contributed by atoms with E-state index in [2.05, 4.69) is 21.3 Å². The minimum Gasteiger partial charge on any atom is -0.473 e. The molecule has 2 unspecified atom stereocenters. The Morgan fingerprint density at radius 2 is 1.00 bits per heavy atom. The maximum atomic E-state index is 11.7. The summed E-state index contributed by atoms with van der Waals surface area (Å²) in [5.74, 6) is -2.48. The fourth-order valence-electron chi connectivity index (χ4n) is 4.81. The summed E-state index contributed by atoms with van der Waals surface area (Å²) in [4.78, 5) is 41.6. The van der Waals surface area contributed by atoms with Gasteiger partial charge in [0.25, 0.3) is 0 Å². The summed E-state index contributed by atoms with van der Waals surface area (Å²) in [6, 6.07) is 0. The molecule has 12 nitrogen and oxygen atoms in total. The summed E-state index contributed by atoms with van der Waals surface area (Å²) in [7, 11) is 0. The van der Waals surface area contributed by atoms with Crippen LogP contribution in [0, 0.1) is 11.8 Å². The van der Waals surface area contributed by atoms with E-state index in [1.54, 1.807) is 0 Å². The maximum absolute atomic E-state index is 11.7. The van der Waals surface area contributed by atoms with Crippen LogP contribution < -0.4 is 21.3 Å². The summed E-state index contributed by atoms with van der Waals surface area (Å²) in [6.07, 6.45) is 6.17. The van der Waals surface area contributed by atoms with Crippen LogP contribution in [0.15, 0.2) is 0 Å². The molecule has 0 bridgehead atoms. The zero-order chi connectivity index (χ0) is 28.8. The van der Waals surface area contributed by atoms with Crippen LogP contribution in [0.5, 0.6) is 0 Å². The topological polar surface area (TPSA) is 175 Å². The summed E-state index contributed by atoms with van der Waals surface area (Å²) in [5, 5.41) is 27.6. The first-order chi connectivity index (χ1) is 17.5. The van der Waals surface area contributed by atoms with E-state index in [1.807, 2.05) is 41.5 Å². The molecule has 0 aromatic carbocycles. The lowest BCUT2D eigenvalue weighted by molar-refractivity contribution is -0.159. The van der Waals surface area contributed by atoms with Crippen molar-refractivity contribution in [3.05, 3.63) is 0 Å². The number of carbonyl (C=O) groups excluding carboxylic acids is 2. The molecule has 218 valence electrons. The first kappa shape index (κ1) is 31.6. The summed E-state index contributed by atoms with van der Waals surface area (Å²) >= 11 is 0. The molecule has 0 spiro atoms. The van der Waals surface area contributed by atoms with Crippen LogP contribution in [0.1, 0.15) is 80.1 Å². The molecule has 4 fully saturated rings. The van der Waals surface area contributed by atoms with Gasteiger partial charge in [-0.05, 0) is 105 Å². The molecule has 2 saturated carbocycles. The Hall–Kier alpha value is -2.60. The Kier molecular flexibility index (Phi) is 10.4. The third-order valence-corrected chi connectivity index (χ3v) is 6.94. The third-order valence-electron chi connectivity index (χ3n) is 6.94. The van der Waals surface area contributed by atoms with Gasteiger partial charge in [0.1, 0.15) is 11.2 Å². The smallest absolute Gasteiger partial charge is 0.414 e. The fourth-order valence-corrected chi connectivity index (χ4v) is 4.81. The Morgan fingerprint density at radius 3 is 1.18 bits per heavy atom. The van der Waals surface area contributed by atoms with E-state index in [4.69, 9.17) is 29.3 Å². The van der Waals surface area contributed by atoms with Gasteiger partial charge in [-0.25, -0.2) is 19.2 Å². The number of carbonyl (C=O) groups is 4. The lowest BCUT2D eigenvalue weighted by atomic mass is 9.96. The van der Waals surface area contributed by atoms with Crippen molar-refractivity contribution in [2.24, 2.45) is 11.8 Å². The van der Waals surface area contributed by atoms with Crippen LogP contribution in [0.25, 0.3) is 0 Å². The molecule has 4 aliphatic rings. The van der Waals surface area contributed by atoms with Crippen molar-refractivity contribution in [3.63, 3.8) is 0 Å². The molecule has 2 saturated heterocycles. The minimum absolute atomic E-state index is 0.0336. The van der Waals surface area contributed by atoms with Crippen molar-refractivity contribution in [3.8, 4) is 0 Å². The van der Waals surface area contributed by atoms with E-state index in [1.165, 1.54) is 0 Å². The monoisotopic (exact) mass is 542 g/mol. The molecule has 0 aromatic heterocycles. The standard InChI is InChI=1S/2C12H22N2O2.C2H2O4/c2*1-11(2,3)16-10(15)14-12(5-6-12)9-4-7-13-8-9;3-1(4)2(5)6/h2*9,13H,4-8H2,1-3H3,(H,14,15);(H,3,4)(H,5,6). The molecule has 2 aliphatic carbocycles. The zero-order valence-electron chi connectivity index (χ0n) is 23.6. The van der Waals surface area contributed by atoms with Crippen LogP contribution in [0.3, 0.4) is 0 Å². The number of aliphatic carboxylic acids is 2. The minimum atomic E-state index is -1.82. The van der Waals surface area contributed by atoms with Crippen LogP contribution in [0.2, 0.25) is 0 Å². The predicted octanol–water partition coefficient (Wildman–Crippen LogP) is 2.46. The number of rotatable bonds is 4. The Balaban J connectivity index is 0.000000221. The van der Waals surface area contributed by atoms with Crippen LogP contribution in [0.4, 0.5) is 9.59 Å². The van der Waals surface area contributed by atoms with Crippen molar-refractivity contribution >= 4 is 24.1 Å². The lowest BCUT2D eigenvalue weighted by Gasteiger charge is -2.26. The number of nitrogens with one attached hydrogen (secondary N) is 4. The largest absolute Gasteiger partial charge is 0.473 e.